The van der Waals surface area contributed by atoms with E-state index in [-0.39, 0.29) is 0 Å². The van der Waals surface area contributed by atoms with Crippen molar-refractivity contribution in [2.24, 2.45) is 0 Å². The molecule has 0 radical (unpaired) electrons. The van der Waals surface area contributed by atoms with Gasteiger partial charge in [0.15, 0.2) is 0 Å². The summed E-state index contributed by atoms with van der Waals surface area (Å²) in [5.41, 5.74) is 3.77. The van der Waals surface area contributed by atoms with Crippen LogP contribution in [0.2, 0.25) is 0 Å². The fourth-order valence-corrected chi connectivity index (χ4v) is 4.02. The highest BCUT2D eigenvalue weighted by molar-refractivity contribution is 5.60. The van der Waals surface area contributed by atoms with Crippen LogP contribution in [0, 0.1) is 6.92 Å². The summed E-state index contributed by atoms with van der Waals surface area (Å²) >= 11 is 0. The minimum atomic E-state index is 0.408. The monoisotopic (exact) mass is 338 g/mol. The highest BCUT2D eigenvalue weighted by Gasteiger charge is 2.26. The van der Waals surface area contributed by atoms with Crippen molar-refractivity contribution in [3.05, 3.63) is 41.3 Å². The van der Waals surface area contributed by atoms with Crippen LogP contribution in [-0.4, -0.2) is 36.2 Å². The molecule has 1 aromatic heterocycles. The first-order valence-corrected chi connectivity index (χ1v) is 9.25. The van der Waals surface area contributed by atoms with Crippen molar-refractivity contribution in [3.63, 3.8) is 0 Å². The van der Waals surface area contributed by atoms with Crippen LogP contribution >= 0.6 is 0 Å². The third-order valence-corrected chi connectivity index (χ3v) is 5.25. The Morgan fingerprint density at radius 1 is 1.16 bits per heavy atom. The maximum Gasteiger partial charge on any atom is 0.142 e. The lowest BCUT2D eigenvalue weighted by molar-refractivity contribution is 0.415. The van der Waals surface area contributed by atoms with Crippen LogP contribution in [0.1, 0.15) is 36.3 Å². The third kappa shape index (κ3) is 3.28. The fraction of sp³-hybridized carbons (Fsp3) is 0.500. The molecule has 0 saturated carbocycles. The number of benzene rings is 1. The molecule has 5 heteroatoms. The van der Waals surface area contributed by atoms with Gasteiger partial charge in [-0.3, -0.25) is 0 Å². The minimum Gasteiger partial charge on any atom is -0.495 e. The molecule has 25 heavy (non-hydrogen) atoms. The molecule has 0 bridgehead atoms. The molecule has 1 aromatic carbocycles. The van der Waals surface area contributed by atoms with E-state index in [4.69, 9.17) is 9.72 Å². The van der Waals surface area contributed by atoms with Gasteiger partial charge in [0, 0.05) is 30.4 Å². The number of rotatable bonds is 4. The van der Waals surface area contributed by atoms with Gasteiger partial charge in [0.2, 0.25) is 0 Å². The molecular formula is C20H26N4O. The average Bonchev–Trinajstić information content (AvgIpc) is 3.10. The van der Waals surface area contributed by atoms with Gasteiger partial charge in [0.25, 0.3) is 0 Å². The molecule has 1 saturated heterocycles. The number of fused-ring (bicyclic) bond motifs is 1. The quantitative estimate of drug-likeness (QED) is 0.926. The number of methoxy groups -OCH3 is 1. The predicted molar refractivity (Wildman–Crippen MR) is 101 cm³/mol. The maximum atomic E-state index is 5.52. The summed E-state index contributed by atoms with van der Waals surface area (Å²) in [6.07, 6.45) is 5.78. The average molecular weight is 338 g/mol. The van der Waals surface area contributed by atoms with Crippen LogP contribution in [-0.2, 0) is 12.8 Å². The summed E-state index contributed by atoms with van der Waals surface area (Å²) in [7, 11) is 1.74. The molecule has 4 rings (SSSR count). The van der Waals surface area contributed by atoms with Gasteiger partial charge < -0.3 is 15.0 Å². The van der Waals surface area contributed by atoms with E-state index in [2.05, 4.69) is 27.3 Å². The van der Waals surface area contributed by atoms with E-state index < -0.39 is 0 Å². The molecule has 5 nitrogen and oxygen atoms in total. The number of aryl methyl sites for hydroxylation is 2. The first-order valence-electron chi connectivity index (χ1n) is 9.25. The second-order valence-electron chi connectivity index (χ2n) is 7.00. The van der Waals surface area contributed by atoms with Gasteiger partial charge in [-0.05, 0) is 51.2 Å². The van der Waals surface area contributed by atoms with Crippen molar-refractivity contribution in [2.75, 3.05) is 30.4 Å². The molecular weight excluding hydrogens is 312 g/mol. The lowest BCUT2D eigenvalue weighted by Gasteiger charge is -2.23. The Balaban J connectivity index is 1.51. The van der Waals surface area contributed by atoms with Crippen LogP contribution in [0.4, 0.5) is 11.5 Å². The normalized spacial score (nSPS) is 19.6. The second kappa shape index (κ2) is 6.90. The highest BCUT2D eigenvalue weighted by Crippen LogP contribution is 2.32. The van der Waals surface area contributed by atoms with Crippen molar-refractivity contribution in [1.82, 2.24) is 9.97 Å². The van der Waals surface area contributed by atoms with Crippen LogP contribution in [0.25, 0.3) is 0 Å². The number of anilines is 2. The largest absolute Gasteiger partial charge is 0.495 e. The second-order valence-corrected chi connectivity index (χ2v) is 7.00. The molecule has 1 aliphatic carbocycles. The van der Waals surface area contributed by atoms with E-state index in [0.717, 1.165) is 49.7 Å². The van der Waals surface area contributed by atoms with Crippen molar-refractivity contribution >= 4 is 11.5 Å². The number of aromatic nitrogens is 2. The summed E-state index contributed by atoms with van der Waals surface area (Å²) in [4.78, 5) is 11.8. The number of para-hydroxylation sites is 2. The molecule has 0 amide bonds. The van der Waals surface area contributed by atoms with Gasteiger partial charge in [-0.1, -0.05) is 12.1 Å². The van der Waals surface area contributed by atoms with E-state index in [9.17, 15) is 0 Å². The summed E-state index contributed by atoms with van der Waals surface area (Å²) in [6, 6.07) is 8.66. The Morgan fingerprint density at radius 2 is 2.00 bits per heavy atom. The number of hydrogen-bond acceptors (Lipinski definition) is 5. The van der Waals surface area contributed by atoms with Gasteiger partial charge in [-0.25, -0.2) is 9.97 Å². The topological polar surface area (TPSA) is 50.3 Å². The summed E-state index contributed by atoms with van der Waals surface area (Å²) in [5, 5.41) is 3.71. The first-order chi connectivity index (χ1) is 12.2. The molecule has 1 fully saturated rings. The maximum absolute atomic E-state index is 5.52. The zero-order chi connectivity index (χ0) is 17.2. The number of ether oxygens (including phenoxy) is 1. The van der Waals surface area contributed by atoms with Crippen LogP contribution < -0.4 is 15.0 Å². The van der Waals surface area contributed by atoms with E-state index in [1.807, 2.05) is 19.1 Å². The van der Waals surface area contributed by atoms with Crippen molar-refractivity contribution < 1.29 is 4.74 Å². The lowest BCUT2D eigenvalue weighted by atomic mass is 9.96. The SMILES string of the molecule is COc1ccccc1N1CCC(Nc2nc(C)nc3c2CCCC3)C1. The lowest BCUT2D eigenvalue weighted by Crippen LogP contribution is -2.27. The van der Waals surface area contributed by atoms with E-state index in [0.29, 0.717) is 6.04 Å². The molecule has 2 aliphatic rings. The van der Waals surface area contributed by atoms with Gasteiger partial charge in [0.05, 0.1) is 12.8 Å². The number of nitrogens with one attached hydrogen (secondary N) is 1. The van der Waals surface area contributed by atoms with E-state index in [1.165, 1.54) is 29.8 Å². The summed E-state index contributed by atoms with van der Waals surface area (Å²) in [5.74, 6) is 2.88. The Bertz CT molecular complexity index is 761. The fourth-order valence-electron chi connectivity index (χ4n) is 4.02. The van der Waals surface area contributed by atoms with Crippen LogP contribution in [0.15, 0.2) is 24.3 Å². The van der Waals surface area contributed by atoms with Crippen molar-refractivity contribution in [2.45, 2.75) is 45.1 Å². The van der Waals surface area contributed by atoms with Crippen LogP contribution in [0.5, 0.6) is 5.75 Å². The zero-order valence-electron chi connectivity index (χ0n) is 15.1. The summed E-state index contributed by atoms with van der Waals surface area (Å²) in [6.45, 7) is 4.00. The first kappa shape index (κ1) is 16.2. The van der Waals surface area contributed by atoms with Crippen molar-refractivity contribution in [1.29, 1.82) is 0 Å². The van der Waals surface area contributed by atoms with Gasteiger partial charge >= 0.3 is 0 Å². The van der Waals surface area contributed by atoms with Gasteiger partial charge in [-0.2, -0.15) is 0 Å². The Labute approximate surface area is 149 Å². The summed E-state index contributed by atoms with van der Waals surface area (Å²) < 4.78 is 5.52. The molecule has 1 N–H and O–H groups in total. The molecule has 2 aromatic rings. The molecule has 0 spiro atoms. The molecule has 1 unspecified atom stereocenters. The number of hydrogen-bond donors (Lipinski definition) is 1. The van der Waals surface area contributed by atoms with Gasteiger partial charge in [0.1, 0.15) is 17.4 Å². The van der Waals surface area contributed by atoms with E-state index in [1.54, 1.807) is 7.11 Å². The molecule has 1 aliphatic heterocycles. The van der Waals surface area contributed by atoms with Crippen molar-refractivity contribution in [3.8, 4) is 5.75 Å². The number of nitrogens with zero attached hydrogens (tertiary/aromatic N) is 3. The van der Waals surface area contributed by atoms with Crippen LogP contribution in [0.3, 0.4) is 0 Å². The van der Waals surface area contributed by atoms with Gasteiger partial charge in [-0.15, -0.1) is 0 Å². The molecule has 132 valence electrons. The minimum absolute atomic E-state index is 0.408. The Hall–Kier alpha value is -2.30. The predicted octanol–water partition coefficient (Wildman–Crippen LogP) is 3.36. The zero-order valence-corrected chi connectivity index (χ0v) is 15.1. The Morgan fingerprint density at radius 3 is 2.88 bits per heavy atom. The molecule has 2 heterocycles. The molecule has 1 atom stereocenters. The highest BCUT2D eigenvalue weighted by atomic mass is 16.5. The smallest absolute Gasteiger partial charge is 0.142 e. The third-order valence-electron chi connectivity index (χ3n) is 5.25. The standard InChI is InChI=1S/C20H26N4O/c1-14-21-17-8-4-3-7-16(17)20(22-14)23-15-11-12-24(13-15)18-9-5-6-10-19(18)25-2/h5-6,9-10,15H,3-4,7-8,11-13H2,1-2H3,(H,21,22,23). The van der Waals surface area contributed by atoms with E-state index >= 15 is 0 Å². The Kier molecular flexibility index (Phi) is 4.47.